The van der Waals surface area contributed by atoms with Gasteiger partial charge in [0.15, 0.2) is 0 Å². The number of nitrogens with zero attached hydrogens (tertiary/aromatic N) is 2. The molecule has 0 bridgehead atoms. The molecule has 0 aliphatic heterocycles. The van der Waals surface area contributed by atoms with Crippen molar-refractivity contribution in [3.8, 4) is 0 Å². The average molecular weight is 1590 g/mol. The summed E-state index contributed by atoms with van der Waals surface area (Å²) < 4.78 is 0. The van der Waals surface area contributed by atoms with Crippen molar-refractivity contribution in [1.29, 1.82) is 0 Å². The first-order chi connectivity index (χ1) is 54.4. The zero-order chi connectivity index (χ0) is 79.6. The number of carbonyl (C=O) groups is 2. The Morgan fingerprint density at radius 3 is 0.315 bits per heavy atom. The monoisotopic (exact) mass is 1590 g/mol. The van der Waals surface area contributed by atoms with Gasteiger partial charge in [-0.2, -0.15) is 0 Å². The van der Waals surface area contributed by atoms with E-state index < -0.39 is 11.9 Å². The van der Waals surface area contributed by atoms with Crippen LogP contribution in [-0.2, 0) is 9.59 Å². The minimum atomic E-state index is -0.895. The third-order valence-electron chi connectivity index (χ3n) is 25.0. The predicted octanol–water partition coefficient (Wildman–Crippen LogP) is 33.7. The topological polar surface area (TPSA) is 86.7 Å². The maximum atomic E-state index is 11.0. The fourth-order valence-electron chi connectivity index (χ4n) is 17.3. The Kier molecular flexibility index (Phi) is 112. The molecule has 6 nitrogen and oxygen atoms in total. The summed E-state index contributed by atoms with van der Waals surface area (Å²) in [6, 6.07) is 0. The Labute approximate surface area is 731 Å². The second-order valence-electron chi connectivity index (χ2n) is 36.3. The molecule has 7 heteroatoms. The maximum absolute atomic E-state index is 11.0. The van der Waals surface area contributed by atoms with Crippen LogP contribution in [0.15, 0.2) is 0 Å². The van der Waals surface area contributed by atoms with Crippen LogP contribution in [0.5, 0.6) is 0 Å². The van der Waals surface area contributed by atoms with Crippen molar-refractivity contribution < 1.29 is 19.8 Å². The van der Waals surface area contributed by atoms with E-state index in [1.165, 1.54) is 565 Å². The summed E-state index contributed by atoms with van der Waals surface area (Å²) in [7, 11) is 0. The molecule has 0 aromatic carbocycles. The molecule has 0 unspecified atom stereocenters. The Hall–Kier alpha value is 0.120. The van der Waals surface area contributed by atoms with Gasteiger partial charge in [-0.3, -0.25) is 0 Å². The molecule has 0 saturated heterocycles. The molecule has 111 heavy (non-hydrogen) atoms. The van der Waals surface area contributed by atoms with Gasteiger partial charge in [-0.25, -0.2) is 0 Å². The van der Waals surface area contributed by atoms with Gasteiger partial charge in [-0.15, -0.1) is 0 Å². The summed E-state index contributed by atoms with van der Waals surface area (Å²) in [5.74, 6) is -1.79. The molecule has 0 fully saturated rings. The normalized spacial score (nSPS) is 11.6. The zero-order valence-electron chi connectivity index (χ0n) is 77.5. The Bertz CT molecular complexity index is 1420. The number of hydrogen-bond donors (Lipinski definition) is 0. The van der Waals surface area contributed by atoms with Crippen LogP contribution >= 0.6 is 0 Å². The van der Waals surface area contributed by atoms with E-state index >= 15 is 0 Å². The number of hydrogen-bond acceptors (Lipinski definition) is 6. The molecule has 0 amide bonds. The quantitative estimate of drug-likeness (QED) is 0.0445. The third kappa shape index (κ3) is 110. The van der Waals surface area contributed by atoms with Gasteiger partial charge in [0.25, 0.3) is 0 Å². The second-order valence-corrected chi connectivity index (χ2v) is 36.3. The number of rotatable bonds is 100. The first-order valence-corrected chi connectivity index (χ1v) is 52.2. The van der Waals surface area contributed by atoms with Crippen LogP contribution in [0.4, 0.5) is 0 Å². The van der Waals surface area contributed by atoms with Crippen molar-refractivity contribution in [2.45, 2.75) is 618 Å². The largest absolute Gasteiger partial charge is 2.00 e. The van der Waals surface area contributed by atoms with E-state index in [0.29, 0.717) is 0 Å². The van der Waals surface area contributed by atoms with Crippen LogP contribution in [0.3, 0.4) is 0 Å². The van der Waals surface area contributed by atoms with Crippen molar-refractivity contribution in [2.24, 2.45) is 0 Å². The molecule has 0 aromatic rings. The molecule has 0 aliphatic rings. The molecule has 0 saturated carbocycles. The van der Waals surface area contributed by atoms with Crippen molar-refractivity contribution in [2.75, 3.05) is 39.3 Å². The average Bonchev–Trinajstić information content (AvgIpc) is 1.04. The standard InChI is InChI=1S/2C52H105NO2.Ca/c2*1-3-5-7-9-11-13-15-17-19-21-23-25-27-29-31-33-35-37-39-41-43-45-49-53(51-47-48-52(54)55)50-46-44-42-40-38-36-34-32-30-28-26-24-22-20-18-16-14-12-10-8-6-4-2;/h2*3-51H2,1-2H3,(H,54,55);/q;;+2/p-2. The Morgan fingerprint density at radius 1 is 0.144 bits per heavy atom. The van der Waals surface area contributed by atoms with E-state index in [-0.39, 0.29) is 50.6 Å². The van der Waals surface area contributed by atoms with Crippen LogP contribution < -0.4 is 10.2 Å². The second kappa shape index (κ2) is 108. The van der Waals surface area contributed by atoms with Crippen LogP contribution in [-0.4, -0.2) is 98.7 Å². The number of carboxylic acids is 2. The summed E-state index contributed by atoms with van der Waals surface area (Å²) in [6.07, 6.45) is 127. The van der Waals surface area contributed by atoms with E-state index in [4.69, 9.17) is 0 Å². The minimum Gasteiger partial charge on any atom is -0.550 e. The summed E-state index contributed by atoms with van der Waals surface area (Å²) in [5.41, 5.74) is 0. The molecule has 0 spiro atoms. The fraction of sp³-hybridized carbons (Fsp3) is 0.981. The molecule has 0 heterocycles. The van der Waals surface area contributed by atoms with Gasteiger partial charge in [0.1, 0.15) is 0 Å². The molecule has 0 radical (unpaired) electrons. The summed E-state index contributed by atoms with van der Waals surface area (Å²) in [5, 5.41) is 21.9. The first-order valence-electron chi connectivity index (χ1n) is 52.2. The van der Waals surface area contributed by atoms with Crippen LogP contribution in [0.2, 0.25) is 0 Å². The molecule has 0 rings (SSSR count). The van der Waals surface area contributed by atoms with Crippen LogP contribution in [0.25, 0.3) is 0 Å². The van der Waals surface area contributed by atoms with Gasteiger partial charge in [0.05, 0.1) is 0 Å². The Morgan fingerprint density at radius 2 is 0.225 bits per heavy atom. The fourth-order valence-corrected chi connectivity index (χ4v) is 17.3. The molecule has 0 N–H and O–H groups in total. The van der Waals surface area contributed by atoms with E-state index in [1.54, 1.807) is 0 Å². The van der Waals surface area contributed by atoms with Crippen LogP contribution in [0.1, 0.15) is 618 Å². The smallest absolute Gasteiger partial charge is 0.550 e. The van der Waals surface area contributed by atoms with Gasteiger partial charge in [-0.1, -0.05) is 567 Å². The summed E-state index contributed by atoms with van der Waals surface area (Å²) >= 11 is 0. The summed E-state index contributed by atoms with van der Waals surface area (Å²) in [4.78, 5) is 27.1. The Balaban J connectivity index is -0.00000208. The molecule has 0 aromatic heterocycles. The van der Waals surface area contributed by atoms with Gasteiger partial charge in [0.2, 0.25) is 0 Å². The number of aliphatic carboxylic acids is 2. The predicted molar refractivity (Wildman–Crippen MR) is 496 cm³/mol. The number of carboxylic acid groups (broad SMARTS) is 2. The maximum Gasteiger partial charge on any atom is 2.00 e. The van der Waals surface area contributed by atoms with Crippen molar-refractivity contribution >= 4 is 49.7 Å². The molecule has 660 valence electrons. The third-order valence-corrected chi connectivity index (χ3v) is 25.0. The number of unbranched alkanes of at least 4 members (excludes halogenated alkanes) is 84. The van der Waals surface area contributed by atoms with Crippen molar-refractivity contribution in [3.05, 3.63) is 0 Å². The summed E-state index contributed by atoms with van der Waals surface area (Å²) in [6.45, 7) is 15.6. The SMILES string of the molecule is CCCCCCCCCCCCCCCCCCCCCCCCN(CCCCCCCCCCCCCCCCCCCCCCCC)CCCC(=O)[O-].CCCCCCCCCCCCCCCCCCCCCCCCN(CCCCCCCCCCCCCCCCCCCCCCCC)CCCC(=O)[O-].[Ca+2]. The minimum absolute atomic E-state index is 0. The van der Waals surface area contributed by atoms with E-state index in [9.17, 15) is 19.8 Å². The zero-order valence-corrected chi connectivity index (χ0v) is 79.7. The van der Waals surface area contributed by atoms with Gasteiger partial charge in [0, 0.05) is 11.9 Å². The molecule has 0 atom stereocenters. The molecular weight excluding hydrogens is 1380 g/mol. The van der Waals surface area contributed by atoms with Crippen LogP contribution in [0, 0.1) is 0 Å². The van der Waals surface area contributed by atoms with E-state index in [0.717, 1.165) is 52.1 Å². The van der Waals surface area contributed by atoms with E-state index in [2.05, 4.69) is 37.5 Å². The van der Waals surface area contributed by atoms with Crippen molar-refractivity contribution in [1.82, 2.24) is 9.80 Å². The van der Waals surface area contributed by atoms with Gasteiger partial charge in [-0.05, 0) is 90.6 Å². The molecule has 0 aliphatic carbocycles. The van der Waals surface area contributed by atoms with Crippen molar-refractivity contribution in [3.63, 3.8) is 0 Å². The van der Waals surface area contributed by atoms with E-state index in [1.807, 2.05) is 0 Å². The molecular formula is C104H208CaN2O4. The number of carbonyl (C=O) groups excluding carboxylic acids is 2. The first kappa shape index (κ1) is 115. The van der Waals surface area contributed by atoms with Gasteiger partial charge >= 0.3 is 37.7 Å². The van der Waals surface area contributed by atoms with Gasteiger partial charge < -0.3 is 29.6 Å².